The minimum Gasteiger partial charge on any atom is -0.543 e. The molecule has 0 fully saturated rings. The van der Waals surface area contributed by atoms with E-state index in [0.29, 0.717) is 0 Å². The molecule has 0 aromatic carbocycles. The minimum absolute atomic E-state index is 0. The summed E-state index contributed by atoms with van der Waals surface area (Å²) in [6.07, 6.45) is 0. The van der Waals surface area contributed by atoms with Crippen LogP contribution in [-0.4, -0.2) is 70.6 Å². The molecule has 0 bridgehead atoms. The Bertz CT molecular complexity index is 516. The predicted octanol–water partition coefficient (Wildman–Crippen LogP) is -19.2. The van der Waals surface area contributed by atoms with Crippen molar-refractivity contribution in [3.05, 3.63) is 0 Å². The summed E-state index contributed by atoms with van der Waals surface area (Å²) in [5.41, 5.74) is 0. The van der Waals surface area contributed by atoms with Gasteiger partial charge in [-0.05, 0) is 0 Å². The molecule has 0 aromatic rings. The van der Waals surface area contributed by atoms with Crippen molar-refractivity contribution in [2.75, 3.05) is 0 Å². The molecule has 0 atom stereocenters. The fourth-order valence-corrected chi connectivity index (χ4v) is 0. The Labute approximate surface area is 237 Å². The number of carbonyl (C=O) groups is 10. The summed E-state index contributed by atoms with van der Waals surface area (Å²) >= 11 is 0. The topological polar surface area (TPSA) is 464 Å². The van der Waals surface area contributed by atoms with Gasteiger partial charge in [-0.1, -0.05) is 0 Å². The van der Waals surface area contributed by atoms with Gasteiger partial charge in [0.05, 0.1) is 59.7 Å². The number of hydrogen-bond donors (Lipinski definition) is 0. The first-order valence-electron chi connectivity index (χ1n) is 5.33. The minimum atomic E-state index is -2.19. The number of carbonyl (C=O) groups excluding carboxylic acids is 10. The third kappa shape index (κ3) is 97.1. The third-order valence-corrected chi connectivity index (χ3v) is 0.833. The van der Waals surface area contributed by atoms with E-state index in [-0.39, 0.29) is 79.2 Å². The Hall–Kier alpha value is -3.30. The summed E-state index contributed by atoms with van der Waals surface area (Å²) in [6.45, 7) is 0. The molecule has 0 unspecified atom stereocenters. The van der Waals surface area contributed by atoms with Gasteiger partial charge in [-0.15, -0.1) is 0 Å². The van der Waals surface area contributed by atoms with Crippen LogP contribution in [0.3, 0.4) is 0 Å². The molecule has 0 rings (SSSR count). The van der Waals surface area contributed by atoms with Crippen LogP contribution in [0.2, 0.25) is 0 Å². The molecule has 4 N–H and O–H groups in total. The van der Waals surface area contributed by atoms with Crippen molar-refractivity contribution in [2.24, 2.45) is 0 Å². The summed E-state index contributed by atoms with van der Waals surface area (Å²) in [7, 11) is 0. The van der Waals surface area contributed by atoms with E-state index >= 15 is 0 Å². The maximum Gasteiger partial charge on any atom is 3.00 e. The Morgan fingerprint density at radius 2 is 0.278 bits per heavy atom. The normalized spacial score (nSPS) is 6.11. The molecule has 0 saturated heterocycles. The van der Waals surface area contributed by atoms with Gasteiger partial charge < -0.3 is 110 Å². The van der Waals surface area contributed by atoms with Gasteiger partial charge in [0.25, 0.3) is 0 Å². The van der Waals surface area contributed by atoms with Gasteiger partial charge in [-0.3, -0.25) is 0 Å². The molecule has 0 amide bonds. The number of rotatable bonds is 0. The van der Waals surface area contributed by atoms with Gasteiger partial charge >= 0.3 is 68.3 Å². The molecule has 36 heavy (non-hydrogen) atoms. The second kappa shape index (κ2) is 41.9. The Morgan fingerprint density at radius 3 is 0.278 bits per heavy atom. The molecular formula is C10H4Fe4O22. The van der Waals surface area contributed by atoms with E-state index in [2.05, 4.69) is 0 Å². The van der Waals surface area contributed by atoms with Crippen LogP contribution in [-0.2, 0) is 116 Å². The molecule has 0 aliphatic rings. The van der Waals surface area contributed by atoms with Crippen molar-refractivity contribution < 1.29 is 178 Å². The SMILES string of the molecule is O.O.O=C([O-])C(=O)[O-].O=C([O-])C(=O)[O-].O=C([O-])C(=O)[O-].O=C([O-])C(=O)[O-].O=C([O-])C(=O)[O-].[Fe+2].[Fe+2].[Fe+3].[Fe+3]. The molecule has 0 aliphatic heterocycles. The largest absolute Gasteiger partial charge is 3.00 e. The van der Waals surface area contributed by atoms with Crippen molar-refractivity contribution >= 4 is 59.7 Å². The number of carboxylic acids is 10. The molecule has 26 heteroatoms. The van der Waals surface area contributed by atoms with Crippen LogP contribution >= 0.6 is 0 Å². The van der Waals surface area contributed by atoms with Crippen LogP contribution in [0.4, 0.5) is 0 Å². The number of carboxylic acid groups (broad SMARTS) is 10. The van der Waals surface area contributed by atoms with Gasteiger partial charge in [0.15, 0.2) is 0 Å². The van der Waals surface area contributed by atoms with E-state index in [1.165, 1.54) is 0 Å². The zero-order valence-corrected chi connectivity index (χ0v) is 20.0. The van der Waals surface area contributed by atoms with E-state index in [0.717, 1.165) is 0 Å². The smallest absolute Gasteiger partial charge is 0.543 e. The molecule has 0 aromatic heterocycles. The van der Waals surface area contributed by atoms with Crippen molar-refractivity contribution in [1.29, 1.82) is 0 Å². The average molecular weight is 700 g/mol. The Morgan fingerprint density at radius 1 is 0.250 bits per heavy atom. The Kier molecular flexibility index (Phi) is 81.2. The second-order valence-corrected chi connectivity index (χ2v) is 2.87. The first kappa shape index (κ1) is 69.8. The van der Waals surface area contributed by atoms with Gasteiger partial charge in [0.1, 0.15) is 0 Å². The van der Waals surface area contributed by atoms with E-state index in [1.54, 1.807) is 0 Å². The maximum atomic E-state index is 8.93. The molecule has 0 spiro atoms. The van der Waals surface area contributed by atoms with E-state index in [4.69, 9.17) is 99.0 Å². The first-order chi connectivity index (χ1) is 13.2. The van der Waals surface area contributed by atoms with Gasteiger partial charge in [-0.25, -0.2) is 0 Å². The van der Waals surface area contributed by atoms with Gasteiger partial charge in [0.2, 0.25) is 0 Å². The fraction of sp³-hybridized carbons (Fsp3) is 0. The van der Waals surface area contributed by atoms with E-state index in [9.17, 15) is 0 Å². The first-order valence-corrected chi connectivity index (χ1v) is 5.33. The van der Waals surface area contributed by atoms with Gasteiger partial charge in [0, 0.05) is 0 Å². The van der Waals surface area contributed by atoms with Gasteiger partial charge in [-0.2, -0.15) is 0 Å². The zero-order chi connectivity index (χ0) is 25.8. The summed E-state index contributed by atoms with van der Waals surface area (Å²) in [4.78, 5) is 89.3. The number of aliphatic carboxylic acids is 10. The summed E-state index contributed by atoms with van der Waals surface area (Å²) < 4.78 is 0. The standard InChI is InChI=1S/5C2H2O4.4Fe.2H2O/c5*3-1(4)2(5)6;;;;;;/h5*(H,3,4)(H,5,6);;;;;2*1H2/q;;;;;2*+2;2*+3;;/p-10. The summed E-state index contributed by atoms with van der Waals surface area (Å²) in [6, 6.07) is 0. The van der Waals surface area contributed by atoms with Crippen LogP contribution in [0.5, 0.6) is 0 Å². The molecule has 0 aliphatic carbocycles. The van der Waals surface area contributed by atoms with Crippen molar-refractivity contribution in [2.45, 2.75) is 0 Å². The van der Waals surface area contributed by atoms with Crippen molar-refractivity contribution in [1.82, 2.24) is 0 Å². The molecule has 22 nitrogen and oxygen atoms in total. The molecule has 2 radical (unpaired) electrons. The van der Waals surface area contributed by atoms with Crippen molar-refractivity contribution in [3.8, 4) is 0 Å². The number of hydrogen-bond acceptors (Lipinski definition) is 20. The van der Waals surface area contributed by atoms with Crippen LogP contribution in [0.25, 0.3) is 0 Å². The van der Waals surface area contributed by atoms with Crippen LogP contribution in [0.15, 0.2) is 0 Å². The molecule has 0 heterocycles. The third-order valence-electron chi connectivity index (χ3n) is 0.833. The summed E-state index contributed by atoms with van der Waals surface area (Å²) in [5.74, 6) is -21.9. The van der Waals surface area contributed by atoms with Crippen LogP contribution in [0.1, 0.15) is 0 Å². The second-order valence-electron chi connectivity index (χ2n) is 2.87. The predicted molar refractivity (Wildman–Crippen MR) is 57.3 cm³/mol. The Balaban J connectivity index is -0.0000000231. The summed E-state index contributed by atoms with van der Waals surface area (Å²) in [5, 5.41) is 89.3. The fourth-order valence-electron chi connectivity index (χ4n) is 0. The van der Waals surface area contributed by atoms with E-state index in [1.807, 2.05) is 0 Å². The van der Waals surface area contributed by atoms with E-state index < -0.39 is 59.7 Å². The molecular weight excluding hydrogens is 695 g/mol. The molecule has 208 valence electrons. The van der Waals surface area contributed by atoms with Crippen molar-refractivity contribution in [3.63, 3.8) is 0 Å². The zero-order valence-electron chi connectivity index (χ0n) is 15.6. The molecule has 0 saturated carbocycles. The monoisotopic (exact) mass is 700 g/mol. The quantitative estimate of drug-likeness (QED) is 0.167. The van der Waals surface area contributed by atoms with Crippen LogP contribution < -0.4 is 51.1 Å². The average Bonchev–Trinajstić information content (AvgIpc) is 2.56. The maximum absolute atomic E-state index is 8.93. The van der Waals surface area contributed by atoms with Crippen LogP contribution in [0, 0.1) is 0 Å².